The monoisotopic (exact) mass is 361 g/mol. The predicted molar refractivity (Wildman–Crippen MR) is 103 cm³/mol. The molecule has 0 saturated heterocycles. The summed E-state index contributed by atoms with van der Waals surface area (Å²) in [5, 5.41) is 8.52. The maximum atomic E-state index is 12.0. The average molecular weight is 361 g/mol. The first kappa shape index (κ1) is 20.1. The number of nitrogens with one attached hydrogen (secondary N) is 3. The van der Waals surface area contributed by atoms with E-state index in [1.807, 2.05) is 24.3 Å². The highest BCUT2D eigenvalue weighted by Crippen LogP contribution is 2.32. The van der Waals surface area contributed by atoms with Gasteiger partial charge in [0.2, 0.25) is 0 Å². The van der Waals surface area contributed by atoms with Crippen LogP contribution in [-0.2, 0) is 11.2 Å². The fourth-order valence-electron chi connectivity index (χ4n) is 3.82. The number of ether oxygens (including phenoxy) is 1. The van der Waals surface area contributed by atoms with E-state index >= 15 is 0 Å². The van der Waals surface area contributed by atoms with Crippen LogP contribution in [0.2, 0.25) is 0 Å². The van der Waals surface area contributed by atoms with Crippen molar-refractivity contribution in [3.63, 3.8) is 0 Å². The molecule has 1 fully saturated rings. The van der Waals surface area contributed by atoms with Crippen LogP contribution < -0.4 is 16.0 Å². The molecule has 1 aliphatic rings. The van der Waals surface area contributed by atoms with Crippen LogP contribution in [0.5, 0.6) is 0 Å². The lowest BCUT2D eigenvalue weighted by Crippen LogP contribution is -2.40. The van der Waals surface area contributed by atoms with Gasteiger partial charge in [-0.15, -0.1) is 0 Å². The molecule has 1 aromatic rings. The summed E-state index contributed by atoms with van der Waals surface area (Å²) in [7, 11) is 1.33. The molecule has 6 nitrogen and oxygen atoms in total. The standard InChI is InChI=1S/C20H31N3O3/c1-14-10-15(2)12-17(11-14)13-22-19(24)21-9-8-16-4-6-18(7-5-16)23-20(25)26-3/h4-7,14-15,17H,8-13H2,1-3H3,(H,23,25)(H2,21,22,24). The first-order valence-corrected chi connectivity index (χ1v) is 9.42. The zero-order chi connectivity index (χ0) is 18.9. The van der Waals surface area contributed by atoms with Crippen molar-refractivity contribution in [2.24, 2.45) is 17.8 Å². The van der Waals surface area contributed by atoms with Gasteiger partial charge in [-0.1, -0.05) is 26.0 Å². The Bertz CT molecular complexity index is 578. The van der Waals surface area contributed by atoms with Crippen molar-refractivity contribution in [2.45, 2.75) is 39.5 Å². The smallest absolute Gasteiger partial charge is 0.411 e. The van der Waals surface area contributed by atoms with Gasteiger partial charge in [0.15, 0.2) is 0 Å². The van der Waals surface area contributed by atoms with Gasteiger partial charge >= 0.3 is 12.1 Å². The average Bonchev–Trinajstić information content (AvgIpc) is 2.60. The highest BCUT2D eigenvalue weighted by Gasteiger charge is 2.23. The van der Waals surface area contributed by atoms with E-state index in [2.05, 4.69) is 34.5 Å². The topological polar surface area (TPSA) is 79.5 Å². The minimum Gasteiger partial charge on any atom is -0.453 e. The Morgan fingerprint density at radius 1 is 1.04 bits per heavy atom. The van der Waals surface area contributed by atoms with Gasteiger partial charge in [-0.3, -0.25) is 5.32 Å². The molecule has 2 rings (SSSR count). The summed E-state index contributed by atoms with van der Waals surface area (Å²) in [5.74, 6) is 2.10. The van der Waals surface area contributed by atoms with Crippen LogP contribution in [0.4, 0.5) is 15.3 Å². The van der Waals surface area contributed by atoms with Gasteiger partial charge in [0.1, 0.15) is 0 Å². The van der Waals surface area contributed by atoms with E-state index in [4.69, 9.17) is 0 Å². The fraction of sp³-hybridized carbons (Fsp3) is 0.600. The van der Waals surface area contributed by atoms with E-state index in [9.17, 15) is 9.59 Å². The Labute approximate surface area is 156 Å². The Balaban J connectivity index is 1.64. The molecule has 3 amide bonds. The summed E-state index contributed by atoms with van der Waals surface area (Å²) in [6, 6.07) is 7.39. The molecule has 0 bridgehead atoms. The third-order valence-electron chi connectivity index (χ3n) is 4.91. The van der Waals surface area contributed by atoms with E-state index in [0.717, 1.165) is 30.4 Å². The normalized spacial score (nSPS) is 22.3. The van der Waals surface area contributed by atoms with Crippen molar-refractivity contribution in [2.75, 3.05) is 25.5 Å². The largest absolute Gasteiger partial charge is 0.453 e. The van der Waals surface area contributed by atoms with Crippen molar-refractivity contribution < 1.29 is 14.3 Å². The van der Waals surface area contributed by atoms with Gasteiger partial charge in [-0.2, -0.15) is 0 Å². The summed E-state index contributed by atoms with van der Waals surface area (Å²) in [4.78, 5) is 23.1. The van der Waals surface area contributed by atoms with Crippen LogP contribution in [0.15, 0.2) is 24.3 Å². The maximum Gasteiger partial charge on any atom is 0.411 e. The molecule has 6 heteroatoms. The van der Waals surface area contributed by atoms with Crippen LogP contribution in [0.1, 0.15) is 38.7 Å². The number of hydrogen-bond acceptors (Lipinski definition) is 3. The number of carbonyl (C=O) groups is 2. The summed E-state index contributed by atoms with van der Waals surface area (Å²) in [6.07, 6.45) is 3.96. The minimum absolute atomic E-state index is 0.0974. The molecule has 2 unspecified atom stereocenters. The molecule has 1 aromatic carbocycles. The van der Waals surface area contributed by atoms with E-state index in [0.29, 0.717) is 18.2 Å². The fourth-order valence-corrected chi connectivity index (χ4v) is 3.82. The van der Waals surface area contributed by atoms with Gasteiger partial charge in [-0.25, -0.2) is 9.59 Å². The van der Waals surface area contributed by atoms with Crippen LogP contribution in [0.3, 0.4) is 0 Å². The second kappa shape index (κ2) is 10.0. The molecule has 1 aliphatic carbocycles. The summed E-state index contributed by atoms with van der Waals surface area (Å²) < 4.78 is 4.55. The van der Waals surface area contributed by atoms with Crippen LogP contribution in [0, 0.1) is 17.8 Å². The first-order valence-electron chi connectivity index (χ1n) is 9.42. The molecule has 0 radical (unpaired) electrons. The predicted octanol–water partition coefficient (Wildman–Crippen LogP) is 3.78. The molecule has 0 heterocycles. The molecule has 0 aliphatic heterocycles. The SMILES string of the molecule is COC(=O)Nc1ccc(CCNC(=O)NCC2CC(C)CC(C)C2)cc1. The molecular weight excluding hydrogens is 330 g/mol. The van der Waals surface area contributed by atoms with E-state index in [1.165, 1.54) is 26.4 Å². The Morgan fingerprint density at radius 2 is 1.69 bits per heavy atom. The second-order valence-corrected chi connectivity index (χ2v) is 7.48. The maximum absolute atomic E-state index is 12.0. The number of carbonyl (C=O) groups excluding carboxylic acids is 2. The van der Waals surface area contributed by atoms with Gasteiger partial charge in [0.25, 0.3) is 0 Å². The molecule has 1 saturated carbocycles. The van der Waals surface area contributed by atoms with E-state index < -0.39 is 6.09 Å². The van der Waals surface area contributed by atoms with Gasteiger partial charge < -0.3 is 15.4 Å². The van der Waals surface area contributed by atoms with E-state index in [-0.39, 0.29) is 6.03 Å². The number of anilines is 1. The van der Waals surface area contributed by atoms with Crippen molar-refractivity contribution in [3.8, 4) is 0 Å². The van der Waals surface area contributed by atoms with Crippen molar-refractivity contribution >= 4 is 17.8 Å². The van der Waals surface area contributed by atoms with Crippen molar-refractivity contribution in [3.05, 3.63) is 29.8 Å². The number of benzene rings is 1. The van der Waals surface area contributed by atoms with Gasteiger partial charge in [0, 0.05) is 18.8 Å². The zero-order valence-electron chi connectivity index (χ0n) is 16.0. The van der Waals surface area contributed by atoms with E-state index in [1.54, 1.807) is 0 Å². The first-order chi connectivity index (χ1) is 12.5. The van der Waals surface area contributed by atoms with Crippen LogP contribution in [0.25, 0.3) is 0 Å². The second-order valence-electron chi connectivity index (χ2n) is 7.48. The Hall–Kier alpha value is -2.24. The highest BCUT2D eigenvalue weighted by molar-refractivity contribution is 5.84. The van der Waals surface area contributed by atoms with Gasteiger partial charge in [0.05, 0.1) is 7.11 Å². The third-order valence-corrected chi connectivity index (χ3v) is 4.91. The molecule has 2 atom stereocenters. The quantitative estimate of drug-likeness (QED) is 0.721. The summed E-state index contributed by atoms with van der Waals surface area (Å²) in [6.45, 7) is 5.94. The molecule has 144 valence electrons. The lowest BCUT2D eigenvalue weighted by molar-refractivity contribution is 0.187. The number of rotatable bonds is 6. The number of urea groups is 1. The van der Waals surface area contributed by atoms with Crippen LogP contribution >= 0.6 is 0 Å². The zero-order valence-corrected chi connectivity index (χ0v) is 16.0. The molecule has 26 heavy (non-hydrogen) atoms. The summed E-state index contributed by atoms with van der Waals surface area (Å²) in [5.41, 5.74) is 1.78. The summed E-state index contributed by atoms with van der Waals surface area (Å²) >= 11 is 0. The Morgan fingerprint density at radius 3 is 2.31 bits per heavy atom. The number of hydrogen-bond donors (Lipinski definition) is 3. The number of methoxy groups -OCH3 is 1. The lowest BCUT2D eigenvalue weighted by atomic mass is 9.77. The van der Waals surface area contributed by atoms with Gasteiger partial charge in [-0.05, 0) is 61.1 Å². The molecule has 3 N–H and O–H groups in total. The minimum atomic E-state index is -0.488. The Kier molecular flexibility index (Phi) is 7.75. The molecule has 0 spiro atoms. The molecule has 0 aromatic heterocycles. The van der Waals surface area contributed by atoms with Crippen molar-refractivity contribution in [1.82, 2.24) is 10.6 Å². The lowest BCUT2D eigenvalue weighted by Gasteiger charge is -2.31. The third kappa shape index (κ3) is 6.94. The molecular formula is C20H31N3O3. The number of amides is 3. The van der Waals surface area contributed by atoms with Crippen molar-refractivity contribution in [1.29, 1.82) is 0 Å². The highest BCUT2D eigenvalue weighted by atomic mass is 16.5. The van der Waals surface area contributed by atoms with Crippen LogP contribution in [-0.4, -0.2) is 32.3 Å².